The van der Waals surface area contributed by atoms with Crippen molar-refractivity contribution in [2.75, 3.05) is 42.6 Å². The Hall–Kier alpha value is -1.82. The van der Waals surface area contributed by atoms with E-state index in [1.807, 2.05) is 30.3 Å². The van der Waals surface area contributed by atoms with Crippen LogP contribution in [0.3, 0.4) is 0 Å². The van der Waals surface area contributed by atoms with Crippen LogP contribution >= 0.6 is 0 Å². The van der Waals surface area contributed by atoms with Crippen LogP contribution in [0.4, 0.5) is 5.69 Å². The van der Waals surface area contributed by atoms with Gasteiger partial charge in [0.1, 0.15) is 5.75 Å². The SMILES string of the molecule is C=CCS(=O)(=O)CC(=O)N1CCN(c2ccccc2)CC1. The molecule has 2 rings (SSSR count). The van der Waals surface area contributed by atoms with E-state index in [1.165, 1.54) is 6.08 Å². The Labute approximate surface area is 125 Å². The molecule has 1 aliphatic heterocycles. The highest BCUT2D eigenvalue weighted by Crippen LogP contribution is 2.15. The van der Waals surface area contributed by atoms with Gasteiger partial charge < -0.3 is 9.80 Å². The second kappa shape index (κ2) is 6.76. The van der Waals surface area contributed by atoms with Crippen LogP contribution in [-0.4, -0.2) is 56.9 Å². The highest BCUT2D eigenvalue weighted by molar-refractivity contribution is 7.92. The van der Waals surface area contributed by atoms with Gasteiger partial charge in [-0.2, -0.15) is 0 Å². The number of nitrogens with zero attached hydrogens (tertiary/aromatic N) is 2. The molecule has 21 heavy (non-hydrogen) atoms. The van der Waals surface area contributed by atoms with Crippen molar-refractivity contribution in [3.63, 3.8) is 0 Å². The predicted octanol–water partition coefficient (Wildman–Crippen LogP) is 0.936. The number of carbonyl (C=O) groups excluding carboxylic acids is 1. The van der Waals surface area contributed by atoms with Gasteiger partial charge in [-0.1, -0.05) is 24.3 Å². The minimum absolute atomic E-state index is 0.150. The van der Waals surface area contributed by atoms with Crippen LogP contribution in [-0.2, 0) is 14.6 Å². The van der Waals surface area contributed by atoms with E-state index in [4.69, 9.17) is 0 Å². The average Bonchev–Trinajstić information content (AvgIpc) is 2.48. The third-order valence-corrected chi connectivity index (χ3v) is 4.90. The second-order valence-electron chi connectivity index (χ2n) is 5.05. The third kappa shape index (κ3) is 4.32. The number of sulfone groups is 1. The smallest absolute Gasteiger partial charge is 0.237 e. The summed E-state index contributed by atoms with van der Waals surface area (Å²) in [6.07, 6.45) is 1.32. The molecule has 0 N–H and O–H groups in total. The molecule has 0 bridgehead atoms. The summed E-state index contributed by atoms with van der Waals surface area (Å²) in [4.78, 5) is 15.8. The largest absolute Gasteiger partial charge is 0.368 e. The van der Waals surface area contributed by atoms with E-state index < -0.39 is 15.6 Å². The lowest BCUT2D eigenvalue weighted by molar-refractivity contribution is -0.128. The highest BCUT2D eigenvalue weighted by Gasteiger charge is 2.24. The molecule has 0 aromatic heterocycles. The van der Waals surface area contributed by atoms with E-state index in [0.29, 0.717) is 13.1 Å². The van der Waals surface area contributed by atoms with E-state index in [0.717, 1.165) is 18.8 Å². The Morgan fingerprint density at radius 1 is 1.14 bits per heavy atom. The number of hydrogen-bond donors (Lipinski definition) is 0. The fourth-order valence-corrected chi connectivity index (χ4v) is 3.41. The summed E-state index contributed by atoms with van der Waals surface area (Å²) in [5.41, 5.74) is 1.13. The number of benzene rings is 1. The van der Waals surface area contributed by atoms with Gasteiger partial charge in [0.2, 0.25) is 5.91 Å². The molecule has 0 radical (unpaired) electrons. The molecule has 0 unspecified atom stereocenters. The Kier molecular flexibility index (Phi) is 5.01. The molecule has 6 heteroatoms. The maximum Gasteiger partial charge on any atom is 0.237 e. The van der Waals surface area contributed by atoms with E-state index in [-0.39, 0.29) is 11.7 Å². The molecule has 0 spiro atoms. The van der Waals surface area contributed by atoms with Crippen LogP contribution in [0.1, 0.15) is 0 Å². The topological polar surface area (TPSA) is 57.7 Å². The molecule has 0 saturated carbocycles. The first-order valence-corrected chi connectivity index (χ1v) is 8.73. The quantitative estimate of drug-likeness (QED) is 0.760. The van der Waals surface area contributed by atoms with Crippen LogP contribution < -0.4 is 4.90 Å². The van der Waals surface area contributed by atoms with Crippen molar-refractivity contribution >= 4 is 21.4 Å². The maximum atomic E-state index is 12.0. The van der Waals surface area contributed by atoms with Crippen molar-refractivity contribution in [2.24, 2.45) is 0 Å². The molecule has 5 nitrogen and oxygen atoms in total. The molecule has 1 saturated heterocycles. The van der Waals surface area contributed by atoms with Gasteiger partial charge in [0.25, 0.3) is 0 Å². The number of para-hydroxylation sites is 1. The summed E-state index contributed by atoms with van der Waals surface area (Å²) in [6, 6.07) is 10.00. The van der Waals surface area contributed by atoms with Crippen molar-refractivity contribution in [3.8, 4) is 0 Å². The molecule has 1 aromatic rings. The van der Waals surface area contributed by atoms with Gasteiger partial charge in [-0.05, 0) is 12.1 Å². The van der Waals surface area contributed by atoms with Gasteiger partial charge in [-0.25, -0.2) is 8.42 Å². The van der Waals surface area contributed by atoms with Gasteiger partial charge in [0.15, 0.2) is 9.84 Å². The minimum atomic E-state index is -3.37. The lowest BCUT2D eigenvalue weighted by atomic mass is 10.2. The normalized spacial score (nSPS) is 15.8. The summed E-state index contributed by atoms with van der Waals surface area (Å²) in [5, 5.41) is 0. The van der Waals surface area contributed by atoms with Crippen molar-refractivity contribution in [3.05, 3.63) is 43.0 Å². The minimum Gasteiger partial charge on any atom is -0.368 e. The summed E-state index contributed by atoms with van der Waals surface area (Å²) in [6.45, 7) is 5.94. The summed E-state index contributed by atoms with van der Waals surface area (Å²) in [7, 11) is -3.37. The second-order valence-corrected chi connectivity index (χ2v) is 7.16. The van der Waals surface area contributed by atoms with Crippen LogP contribution in [0.5, 0.6) is 0 Å². The molecule has 114 valence electrons. The third-order valence-electron chi connectivity index (χ3n) is 3.47. The molecule has 1 amide bonds. The fraction of sp³-hybridized carbons (Fsp3) is 0.400. The molecule has 0 aliphatic carbocycles. The predicted molar refractivity (Wildman–Crippen MR) is 84.1 cm³/mol. The number of rotatable bonds is 5. The van der Waals surface area contributed by atoms with Crippen molar-refractivity contribution in [1.82, 2.24) is 4.90 Å². The van der Waals surface area contributed by atoms with Crippen LogP contribution in [0.2, 0.25) is 0 Å². The number of piperazine rings is 1. The maximum absolute atomic E-state index is 12.0. The molecular weight excluding hydrogens is 288 g/mol. The van der Waals surface area contributed by atoms with Gasteiger partial charge in [0.05, 0.1) is 5.75 Å². The first kappa shape index (κ1) is 15.6. The molecule has 1 fully saturated rings. The lowest BCUT2D eigenvalue weighted by Crippen LogP contribution is -2.50. The molecule has 0 atom stereocenters. The van der Waals surface area contributed by atoms with E-state index in [2.05, 4.69) is 11.5 Å². The van der Waals surface area contributed by atoms with Gasteiger partial charge >= 0.3 is 0 Å². The van der Waals surface area contributed by atoms with Crippen molar-refractivity contribution in [2.45, 2.75) is 0 Å². The van der Waals surface area contributed by atoms with Crippen molar-refractivity contribution < 1.29 is 13.2 Å². The number of anilines is 1. The molecule has 1 heterocycles. The van der Waals surface area contributed by atoms with Crippen molar-refractivity contribution in [1.29, 1.82) is 0 Å². The lowest BCUT2D eigenvalue weighted by Gasteiger charge is -2.36. The fourth-order valence-electron chi connectivity index (χ4n) is 2.37. The van der Waals surface area contributed by atoms with E-state index in [1.54, 1.807) is 4.90 Å². The van der Waals surface area contributed by atoms with Gasteiger partial charge in [-0.15, -0.1) is 6.58 Å². The molecular formula is C15H20N2O3S. The Morgan fingerprint density at radius 3 is 2.33 bits per heavy atom. The standard InChI is InChI=1S/C15H20N2O3S/c1-2-12-21(19,20)13-15(18)17-10-8-16(9-11-17)14-6-4-3-5-7-14/h2-7H,1,8-13H2. The van der Waals surface area contributed by atoms with Gasteiger partial charge in [-0.3, -0.25) is 4.79 Å². The Morgan fingerprint density at radius 2 is 1.76 bits per heavy atom. The average molecular weight is 308 g/mol. The van der Waals surface area contributed by atoms with Crippen LogP contribution in [0.25, 0.3) is 0 Å². The summed E-state index contributed by atoms with van der Waals surface area (Å²) >= 11 is 0. The monoisotopic (exact) mass is 308 g/mol. The zero-order valence-electron chi connectivity index (χ0n) is 11.9. The van der Waals surface area contributed by atoms with Crippen LogP contribution in [0, 0.1) is 0 Å². The van der Waals surface area contributed by atoms with E-state index in [9.17, 15) is 13.2 Å². The summed E-state index contributed by atoms with van der Waals surface area (Å²) < 4.78 is 23.3. The number of carbonyl (C=O) groups is 1. The Bertz CT molecular complexity index is 591. The highest BCUT2D eigenvalue weighted by atomic mass is 32.2. The summed E-state index contributed by atoms with van der Waals surface area (Å²) in [5.74, 6) is -0.892. The van der Waals surface area contributed by atoms with Crippen LogP contribution in [0.15, 0.2) is 43.0 Å². The zero-order chi connectivity index (χ0) is 15.3. The molecule has 1 aliphatic rings. The van der Waals surface area contributed by atoms with Gasteiger partial charge in [0, 0.05) is 31.9 Å². The number of amides is 1. The van der Waals surface area contributed by atoms with E-state index >= 15 is 0 Å². The first-order chi connectivity index (χ1) is 10.0. The number of hydrogen-bond acceptors (Lipinski definition) is 4. The molecule has 1 aromatic carbocycles. The zero-order valence-corrected chi connectivity index (χ0v) is 12.8. The Balaban J connectivity index is 1.89. The first-order valence-electron chi connectivity index (χ1n) is 6.91.